The highest BCUT2D eigenvalue weighted by atomic mass is 35.5. The predicted molar refractivity (Wildman–Crippen MR) is 134 cm³/mol. The van der Waals surface area contributed by atoms with Gasteiger partial charge in [0.25, 0.3) is 5.91 Å². The highest BCUT2D eigenvalue weighted by molar-refractivity contribution is 6.33. The van der Waals surface area contributed by atoms with Crippen LogP contribution in [0.2, 0.25) is 10.0 Å². The Morgan fingerprint density at radius 2 is 1.66 bits per heavy atom. The summed E-state index contributed by atoms with van der Waals surface area (Å²) in [5, 5.41) is 5.67. The van der Waals surface area contributed by atoms with Gasteiger partial charge in [-0.05, 0) is 48.4 Å². The molecule has 35 heavy (non-hydrogen) atoms. The first-order chi connectivity index (χ1) is 16.9. The lowest BCUT2D eigenvalue weighted by Gasteiger charge is -2.34. The Bertz CT molecular complexity index is 1110. The molecular weight excluding hydrogens is 487 g/mol. The second kappa shape index (κ2) is 9.39. The number of hydrogen-bond acceptors (Lipinski definition) is 5. The molecule has 0 radical (unpaired) electrons. The topological polar surface area (TPSA) is 64.9 Å². The van der Waals surface area contributed by atoms with E-state index in [-0.39, 0.29) is 11.9 Å². The Kier molecular flexibility index (Phi) is 6.25. The van der Waals surface area contributed by atoms with Crippen molar-refractivity contribution in [1.82, 2.24) is 29.4 Å². The average Bonchev–Trinajstić information content (AvgIpc) is 3.27. The molecule has 2 aromatic rings. The standard InChI is InChI=1S/C25H30Cl2N6O2/c26-21-1-4-23(27)17(9-21)11-29-12-19-14-32(15-20(19)13-29)25(35)33-16-18(10-28-33)24(34)31-7-5-30(6-8-31)22-2-3-22/h1,4,9-10,16,19-20,22H,2-3,5-8,11-15H2. The quantitative estimate of drug-likeness (QED) is 0.624. The maximum atomic E-state index is 13.1. The number of amides is 2. The monoisotopic (exact) mass is 516 g/mol. The van der Waals surface area contributed by atoms with Crippen LogP contribution in [0.4, 0.5) is 4.79 Å². The van der Waals surface area contributed by atoms with Crippen molar-refractivity contribution in [2.45, 2.75) is 25.4 Å². The van der Waals surface area contributed by atoms with Crippen LogP contribution in [-0.4, -0.2) is 99.7 Å². The number of aromatic nitrogens is 2. The minimum Gasteiger partial charge on any atom is -0.336 e. The number of carbonyl (C=O) groups is 2. The molecule has 1 saturated carbocycles. The van der Waals surface area contributed by atoms with Gasteiger partial charge in [-0.2, -0.15) is 9.78 Å². The smallest absolute Gasteiger partial charge is 0.336 e. The van der Waals surface area contributed by atoms with Gasteiger partial charge in [-0.3, -0.25) is 14.6 Å². The number of fused-ring (bicyclic) bond motifs is 1. The van der Waals surface area contributed by atoms with Gasteiger partial charge in [0.05, 0.1) is 11.8 Å². The molecular formula is C25H30Cl2N6O2. The largest absolute Gasteiger partial charge is 0.344 e. The summed E-state index contributed by atoms with van der Waals surface area (Å²) in [6.45, 7) is 7.35. The number of halogens is 2. The molecule has 4 aliphatic rings. The number of benzene rings is 1. The molecule has 2 unspecified atom stereocenters. The molecule has 10 heteroatoms. The summed E-state index contributed by atoms with van der Waals surface area (Å²) < 4.78 is 1.33. The number of hydrogen-bond donors (Lipinski definition) is 0. The molecule has 4 fully saturated rings. The number of piperazine rings is 1. The van der Waals surface area contributed by atoms with Crippen molar-refractivity contribution in [3.63, 3.8) is 0 Å². The van der Waals surface area contributed by atoms with Crippen LogP contribution in [0.1, 0.15) is 28.8 Å². The third-order valence-electron chi connectivity index (χ3n) is 7.92. The number of likely N-dealkylation sites (tertiary alicyclic amines) is 2. The Morgan fingerprint density at radius 3 is 2.34 bits per heavy atom. The molecule has 186 valence electrons. The summed E-state index contributed by atoms with van der Waals surface area (Å²) in [5.41, 5.74) is 1.52. The van der Waals surface area contributed by atoms with Gasteiger partial charge in [0.2, 0.25) is 0 Å². The van der Waals surface area contributed by atoms with Crippen LogP contribution in [0, 0.1) is 11.8 Å². The van der Waals surface area contributed by atoms with Crippen LogP contribution < -0.4 is 0 Å². The lowest BCUT2D eigenvalue weighted by molar-refractivity contribution is 0.0627. The van der Waals surface area contributed by atoms with Gasteiger partial charge >= 0.3 is 6.03 Å². The van der Waals surface area contributed by atoms with E-state index in [1.807, 2.05) is 21.9 Å². The Balaban J connectivity index is 1.02. The van der Waals surface area contributed by atoms with E-state index in [1.165, 1.54) is 23.7 Å². The fourth-order valence-electron chi connectivity index (χ4n) is 5.88. The summed E-state index contributed by atoms with van der Waals surface area (Å²) in [7, 11) is 0. The molecule has 6 rings (SSSR count). The molecule has 8 nitrogen and oxygen atoms in total. The van der Waals surface area contributed by atoms with Crippen molar-refractivity contribution in [3.8, 4) is 0 Å². The molecule has 0 N–H and O–H groups in total. The van der Waals surface area contributed by atoms with Crippen molar-refractivity contribution in [2.24, 2.45) is 11.8 Å². The van der Waals surface area contributed by atoms with E-state index in [2.05, 4.69) is 14.9 Å². The van der Waals surface area contributed by atoms with Gasteiger partial charge in [-0.25, -0.2) is 4.79 Å². The highest BCUT2D eigenvalue weighted by Gasteiger charge is 2.42. The van der Waals surface area contributed by atoms with Crippen LogP contribution in [0.25, 0.3) is 0 Å². The highest BCUT2D eigenvalue weighted by Crippen LogP contribution is 2.33. The minimum atomic E-state index is -0.151. The average molecular weight is 517 g/mol. The summed E-state index contributed by atoms with van der Waals surface area (Å²) in [6, 6.07) is 6.15. The van der Waals surface area contributed by atoms with E-state index >= 15 is 0 Å². The molecule has 4 heterocycles. The van der Waals surface area contributed by atoms with E-state index in [1.54, 1.807) is 12.3 Å². The van der Waals surface area contributed by atoms with Crippen LogP contribution in [0.15, 0.2) is 30.6 Å². The minimum absolute atomic E-state index is 0.0342. The first-order valence-electron chi connectivity index (χ1n) is 12.5. The predicted octanol–water partition coefficient (Wildman–Crippen LogP) is 3.14. The zero-order valence-electron chi connectivity index (χ0n) is 19.7. The second-order valence-electron chi connectivity index (χ2n) is 10.4. The molecule has 1 aromatic carbocycles. The molecule has 3 saturated heterocycles. The van der Waals surface area contributed by atoms with Gasteiger partial charge in [0, 0.05) is 81.2 Å². The second-order valence-corrected chi connectivity index (χ2v) is 11.2. The van der Waals surface area contributed by atoms with E-state index in [4.69, 9.17) is 23.2 Å². The van der Waals surface area contributed by atoms with Crippen molar-refractivity contribution >= 4 is 35.1 Å². The Hall–Kier alpha value is -2.13. The SMILES string of the molecule is O=C(c1cnn(C(=O)N2CC3CN(Cc4cc(Cl)ccc4Cl)CC3C2)c1)N1CCN(C2CC2)CC1. The van der Waals surface area contributed by atoms with Gasteiger partial charge in [0.15, 0.2) is 0 Å². The van der Waals surface area contributed by atoms with E-state index in [0.717, 1.165) is 62.4 Å². The van der Waals surface area contributed by atoms with Crippen molar-refractivity contribution < 1.29 is 9.59 Å². The first-order valence-corrected chi connectivity index (χ1v) is 13.2. The van der Waals surface area contributed by atoms with E-state index < -0.39 is 0 Å². The van der Waals surface area contributed by atoms with Crippen LogP contribution >= 0.6 is 23.2 Å². The fraction of sp³-hybridized carbons (Fsp3) is 0.560. The van der Waals surface area contributed by atoms with Gasteiger partial charge < -0.3 is 9.80 Å². The van der Waals surface area contributed by atoms with Crippen LogP contribution in [0.5, 0.6) is 0 Å². The molecule has 1 aliphatic carbocycles. The summed E-state index contributed by atoms with van der Waals surface area (Å²) in [5.74, 6) is 0.820. The van der Waals surface area contributed by atoms with Crippen LogP contribution in [0.3, 0.4) is 0 Å². The fourth-order valence-corrected chi connectivity index (χ4v) is 6.25. The molecule has 2 amide bonds. The molecule has 3 aliphatic heterocycles. The normalized spacial score (nSPS) is 25.3. The third kappa shape index (κ3) is 4.81. The summed E-state index contributed by atoms with van der Waals surface area (Å²) in [6.07, 6.45) is 5.70. The van der Waals surface area contributed by atoms with Gasteiger partial charge in [0.1, 0.15) is 0 Å². The van der Waals surface area contributed by atoms with Crippen molar-refractivity contribution in [3.05, 3.63) is 51.8 Å². The molecule has 0 spiro atoms. The van der Waals surface area contributed by atoms with Crippen LogP contribution in [-0.2, 0) is 6.54 Å². The van der Waals surface area contributed by atoms with Gasteiger partial charge in [-0.1, -0.05) is 23.2 Å². The first kappa shape index (κ1) is 23.3. The Morgan fingerprint density at radius 1 is 0.943 bits per heavy atom. The number of rotatable bonds is 4. The molecule has 1 aromatic heterocycles. The maximum Gasteiger partial charge on any atom is 0.344 e. The van der Waals surface area contributed by atoms with Gasteiger partial charge in [-0.15, -0.1) is 0 Å². The maximum absolute atomic E-state index is 13.1. The lowest BCUT2D eigenvalue weighted by atomic mass is 10.0. The number of nitrogens with zero attached hydrogens (tertiary/aromatic N) is 6. The lowest BCUT2D eigenvalue weighted by Crippen LogP contribution is -2.49. The zero-order valence-corrected chi connectivity index (χ0v) is 21.2. The van der Waals surface area contributed by atoms with Crippen molar-refractivity contribution in [1.29, 1.82) is 0 Å². The van der Waals surface area contributed by atoms with E-state index in [0.29, 0.717) is 35.5 Å². The number of carbonyl (C=O) groups excluding carboxylic acids is 2. The zero-order chi connectivity index (χ0) is 24.1. The van der Waals surface area contributed by atoms with Crippen molar-refractivity contribution in [2.75, 3.05) is 52.4 Å². The summed E-state index contributed by atoms with van der Waals surface area (Å²) in [4.78, 5) is 34.7. The third-order valence-corrected chi connectivity index (χ3v) is 8.53. The summed E-state index contributed by atoms with van der Waals surface area (Å²) >= 11 is 12.5. The Labute approximate surface area is 215 Å². The molecule has 2 atom stereocenters. The molecule has 0 bridgehead atoms. The van der Waals surface area contributed by atoms with E-state index in [9.17, 15) is 9.59 Å².